The summed E-state index contributed by atoms with van der Waals surface area (Å²) in [5, 5.41) is 2.44. The van der Waals surface area contributed by atoms with Crippen molar-refractivity contribution in [2.45, 2.75) is 25.1 Å². The molecule has 1 N–H and O–H groups in total. The van der Waals surface area contributed by atoms with Gasteiger partial charge in [0, 0.05) is 30.4 Å². The summed E-state index contributed by atoms with van der Waals surface area (Å²) in [6, 6.07) is 10.1. The summed E-state index contributed by atoms with van der Waals surface area (Å²) >= 11 is 0. The van der Waals surface area contributed by atoms with Gasteiger partial charge < -0.3 is 10.1 Å². The lowest BCUT2D eigenvalue weighted by Gasteiger charge is -2.18. The van der Waals surface area contributed by atoms with Crippen LogP contribution < -0.4 is 10.1 Å². The van der Waals surface area contributed by atoms with Crippen LogP contribution in [-0.4, -0.2) is 38.1 Å². The third-order valence-electron chi connectivity index (χ3n) is 3.79. The maximum absolute atomic E-state index is 12.4. The van der Waals surface area contributed by atoms with Gasteiger partial charge in [0.1, 0.15) is 5.75 Å². The average Bonchev–Trinajstić information content (AvgIpc) is 2.61. The van der Waals surface area contributed by atoms with Crippen molar-refractivity contribution in [3.8, 4) is 5.75 Å². The van der Waals surface area contributed by atoms with E-state index in [0.29, 0.717) is 13.1 Å². The number of amides is 1. The van der Waals surface area contributed by atoms with Gasteiger partial charge >= 0.3 is 6.36 Å². The molecule has 0 aliphatic rings. The summed E-state index contributed by atoms with van der Waals surface area (Å²) in [5.74, 6) is -1.07. The van der Waals surface area contributed by atoms with Gasteiger partial charge in [0.25, 0.3) is 5.91 Å². The summed E-state index contributed by atoms with van der Waals surface area (Å²) in [6.45, 7) is 4.08. The second-order valence-corrected chi connectivity index (χ2v) is 7.58. The van der Waals surface area contributed by atoms with E-state index >= 15 is 0 Å². The number of hydrogen-bond acceptors (Lipinski definition) is 4. The third kappa shape index (κ3) is 5.46. The Morgan fingerprint density at radius 1 is 1.07 bits per heavy atom. The zero-order chi connectivity index (χ0) is 20.9. The Hall–Kier alpha value is -2.59. The van der Waals surface area contributed by atoms with E-state index in [0.717, 1.165) is 12.1 Å². The standard InChI is InChI=1S/C18H19F3N2O4S/c1-3-23(4-2)28(25,26)16-10-8-13(9-11-16)17(24)22-14-6-5-7-15(12-14)27-18(19,20)21/h5-12H,3-4H2,1-2H3,(H,22,24). The number of alkyl halides is 3. The fraction of sp³-hybridized carbons (Fsp3) is 0.278. The van der Waals surface area contributed by atoms with Crippen molar-refractivity contribution in [1.82, 2.24) is 4.31 Å². The molecule has 28 heavy (non-hydrogen) atoms. The highest BCUT2D eigenvalue weighted by Crippen LogP contribution is 2.25. The van der Waals surface area contributed by atoms with E-state index in [1.165, 1.54) is 40.7 Å². The molecule has 0 aliphatic carbocycles. The fourth-order valence-electron chi connectivity index (χ4n) is 2.47. The fourth-order valence-corrected chi connectivity index (χ4v) is 3.92. The van der Waals surface area contributed by atoms with Gasteiger partial charge in [-0.05, 0) is 36.4 Å². The van der Waals surface area contributed by atoms with Gasteiger partial charge in [-0.3, -0.25) is 4.79 Å². The van der Waals surface area contributed by atoms with Gasteiger partial charge in [0.15, 0.2) is 0 Å². The number of carbonyl (C=O) groups excluding carboxylic acids is 1. The van der Waals surface area contributed by atoms with Gasteiger partial charge in [-0.2, -0.15) is 4.31 Å². The Balaban J connectivity index is 2.15. The maximum atomic E-state index is 12.4. The van der Waals surface area contributed by atoms with Crippen molar-refractivity contribution in [3.05, 3.63) is 54.1 Å². The lowest BCUT2D eigenvalue weighted by molar-refractivity contribution is -0.274. The average molecular weight is 416 g/mol. The van der Waals surface area contributed by atoms with Crippen LogP contribution in [-0.2, 0) is 10.0 Å². The molecule has 6 nitrogen and oxygen atoms in total. The van der Waals surface area contributed by atoms with E-state index in [1.54, 1.807) is 13.8 Å². The minimum atomic E-state index is -4.84. The van der Waals surface area contributed by atoms with Crippen LogP contribution in [0.2, 0.25) is 0 Å². The first kappa shape index (κ1) is 21.7. The van der Waals surface area contributed by atoms with Gasteiger partial charge in [-0.1, -0.05) is 19.9 Å². The second-order valence-electron chi connectivity index (χ2n) is 5.64. The van der Waals surface area contributed by atoms with E-state index in [4.69, 9.17) is 0 Å². The quantitative estimate of drug-likeness (QED) is 0.744. The Morgan fingerprint density at radius 3 is 2.21 bits per heavy atom. The second kappa shape index (κ2) is 8.61. The highest BCUT2D eigenvalue weighted by Gasteiger charge is 2.31. The molecule has 10 heteroatoms. The number of rotatable bonds is 7. The maximum Gasteiger partial charge on any atom is 0.573 e. The molecule has 0 bridgehead atoms. The molecule has 0 unspecified atom stereocenters. The largest absolute Gasteiger partial charge is 0.573 e. The molecule has 2 aromatic rings. The molecule has 0 heterocycles. The van der Waals surface area contributed by atoms with E-state index in [2.05, 4.69) is 10.1 Å². The smallest absolute Gasteiger partial charge is 0.406 e. The number of carbonyl (C=O) groups is 1. The van der Waals surface area contributed by atoms with E-state index < -0.39 is 28.0 Å². The van der Waals surface area contributed by atoms with Crippen LogP contribution in [0.5, 0.6) is 5.75 Å². The first-order chi connectivity index (χ1) is 13.1. The number of ether oxygens (including phenoxy) is 1. The molecule has 2 aromatic carbocycles. The topological polar surface area (TPSA) is 75.7 Å². The molecule has 0 atom stereocenters. The number of benzene rings is 2. The number of nitrogens with zero attached hydrogens (tertiary/aromatic N) is 1. The SMILES string of the molecule is CCN(CC)S(=O)(=O)c1ccc(C(=O)Nc2cccc(OC(F)(F)F)c2)cc1. The molecule has 0 saturated heterocycles. The molecule has 0 fully saturated rings. The van der Waals surface area contributed by atoms with Crippen LogP contribution in [0, 0.1) is 0 Å². The minimum Gasteiger partial charge on any atom is -0.406 e. The normalized spacial score (nSPS) is 12.1. The molecule has 0 radical (unpaired) electrons. The lowest BCUT2D eigenvalue weighted by atomic mass is 10.2. The minimum absolute atomic E-state index is 0.0494. The van der Waals surface area contributed by atoms with Gasteiger partial charge in [0.2, 0.25) is 10.0 Å². The monoisotopic (exact) mass is 416 g/mol. The van der Waals surface area contributed by atoms with Crippen molar-refractivity contribution in [1.29, 1.82) is 0 Å². The van der Waals surface area contributed by atoms with Gasteiger partial charge in [-0.15, -0.1) is 13.2 Å². The summed E-state index contributed by atoms with van der Waals surface area (Å²) in [7, 11) is -3.65. The highest BCUT2D eigenvalue weighted by molar-refractivity contribution is 7.89. The van der Waals surface area contributed by atoms with Gasteiger partial charge in [0.05, 0.1) is 4.90 Å². The molecule has 0 spiro atoms. The number of sulfonamides is 1. The number of anilines is 1. The molecule has 0 saturated carbocycles. The van der Waals surface area contributed by atoms with Crippen molar-refractivity contribution < 1.29 is 31.1 Å². The summed E-state index contributed by atoms with van der Waals surface area (Å²) in [6.07, 6.45) is -4.84. The van der Waals surface area contributed by atoms with Crippen molar-refractivity contribution in [3.63, 3.8) is 0 Å². The van der Waals surface area contributed by atoms with Gasteiger partial charge in [-0.25, -0.2) is 8.42 Å². The van der Waals surface area contributed by atoms with Crippen LogP contribution in [0.1, 0.15) is 24.2 Å². The number of halogens is 3. The Morgan fingerprint density at radius 2 is 1.68 bits per heavy atom. The Kier molecular flexibility index (Phi) is 6.68. The first-order valence-corrected chi connectivity index (χ1v) is 9.78. The summed E-state index contributed by atoms with van der Waals surface area (Å²) < 4.78 is 66.8. The first-order valence-electron chi connectivity index (χ1n) is 8.34. The van der Waals surface area contributed by atoms with E-state index in [-0.39, 0.29) is 16.1 Å². The molecule has 2 rings (SSSR count). The van der Waals surface area contributed by atoms with Crippen molar-refractivity contribution in [2.24, 2.45) is 0 Å². The van der Waals surface area contributed by atoms with Crippen LogP contribution >= 0.6 is 0 Å². The molecule has 152 valence electrons. The Labute approximate surface area is 161 Å². The Bertz CT molecular complexity index is 925. The van der Waals surface area contributed by atoms with Crippen LogP contribution in [0.15, 0.2) is 53.4 Å². The van der Waals surface area contributed by atoms with Crippen LogP contribution in [0.3, 0.4) is 0 Å². The molecule has 0 aromatic heterocycles. The zero-order valence-electron chi connectivity index (χ0n) is 15.2. The predicted molar refractivity (Wildman–Crippen MR) is 97.6 cm³/mol. The summed E-state index contributed by atoms with van der Waals surface area (Å²) in [5.41, 5.74) is 0.257. The molecular weight excluding hydrogens is 397 g/mol. The summed E-state index contributed by atoms with van der Waals surface area (Å²) in [4.78, 5) is 12.3. The third-order valence-corrected chi connectivity index (χ3v) is 5.85. The highest BCUT2D eigenvalue weighted by atomic mass is 32.2. The number of hydrogen-bond donors (Lipinski definition) is 1. The van der Waals surface area contributed by atoms with E-state index in [1.807, 2.05) is 0 Å². The molecular formula is C18H19F3N2O4S. The van der Waals surface area contributed by atoms with E-state index in [9.17, 15) is 26.4 Å². The molecule has 1 amide bonds. The van der Waals surface area contributed by atoms with Crippen molar-refractivity contribution in [2.75, 3.05) is 18.4 Å². The lowest BCUT2D eigenvalue weighted by Crippen LogP contribution is -2.30. The van der Waals surface area contributed by atoms with Crippen molar-refractivity contribution >= 4 is 21.6 Å². The molecule has 0 aliphatic heterocycles. The zero-order valence-corrected chi connectivity index (χ0v) is 16.0. The number of nitrogens with one attached hydrogen (secondary N) is 1. The van der Waals surface area contributed by atoms with Crippen LogP contribution in [0.25, 0.3) is 0 Å². The van der Waals surface area contributed by atoms with Crippen LogP contribution in [0.4, 0.5) is 18.9 Å². The predicted octanol–water partition coefficient (Wildman–Crippen LogP) is 3.87.